The van der Waals surface area contributed by atoms with Crippen LogP contribution in [0.3, 0.4) is 0 Å². The number of aromatic amines is 1. The van der Waals surface area contributed by atoms with Gasteiger partial charge in [-0.25, -0.2) is 8.42 Å². The maximum Gasteiger partial charge on any atom is 0.246 e. The van der Waals surface area contributed by atoms with E-state index in [4.69, 9.17) is 0 Å². The van der Waals surface area contributed by atoms with E-state index in [0.717, 1.165) is 24.7 Å². The molecule has 2 aliphatic heterocycles. The number of hydrogen-bond donors (Lipinski definition) is 1. The van der Waals surface area contributed by atoms with Gasteiger partial charge < -0.3 is 9.80 Å². The van der Waals surface area contributed by atoms with Crippen LogP contribution in [-0.4, -0.2) is 72.4 Å². The highest BCUT2D eigenvalue weighted by Crippen LogP contribution is 2.24. The van der Waals surface area contributed by atoms with Gasteiger partial charge in [0.15, 0.2) is 11.6 Å². The van der Waals surface area contributed by atoms with E-state index in [2.05, 4.69) is 30.2 Å². The van der Waals surface area contributed by atoms with Gasteiger partial charge in [-0.15, -0.1) is 10.2 Å². The van der Waals surface area contributed by atoms with Crippen LogP contribution in [0, 0.1) is 13.8 Å². The van der Waals surface area contributed by atoms with Crippen molar-refractivity contribution in [2.75, 3.05) is 49.1 Å². The van der Waals surface area contributed by atoms with Crippen molar-refractivity contribution in [2.24, 2.45) is 0 Å². The molecule has 29 heavy (non-hydrogen) atoms. The molecule has 2 aromatic rings. The van der Waals surface area contributed by atoms with Crippen molar-refractivity contribution >= 4 is 21.7 Å². The van der Waals surface area contributed by atoms with E-state index in [1.165, 1.54) is 30.0 Å². The van der Waals surface area contributed by atoms with E-state index >= 15 is 0 Å². The second-order valence-corrected chi connectivity index (χ2v) is 9.68. The normalized spacial score (nSPS) is 19.4. The molecule has 2 saturated heterocycles. The van der Waals surface area contributed by atoms with Crippen LogP contribution in [0.5, 0.6) is 0 Å². The van der Waals surface area contributed by atoms with Gasteiger partial charge in [0, 0.05) is 39.3 Å². The van der Waals surface area contributed by atoms with Crippen LogP contribution >= 0.6 is 0 Å². The third-order valence-electron chi connectivity index (χ3n) is 5.79. The number of nitrogens with zero attached hydrogens (tertiary/aromatic N) is 6. The fourth-order valence-corrected chi connectivity index (χ4v) is 5.92. The molecule has 0 atom stereocenters. The summed E-state index contributed by atoms with van der Waals surface area (Å²) in [5.74, 6) is 1.74. The number of aromatic nitrogens is 4. The van der Waals surface area contributed by atoms with Crippen LogP contribution in [0.15, 0.2) is 17.0 Å². The van der Waals surface area contributed by atoms with Crippen molar-refractivity contribution in [1.29, 1.82) is 0 Å². The number of aryl methyl sites for hydroxylation is 2. The lowest BCUT2D eigenvalue weighted by molar-refractivity contribution is 0.383. The first-order valence-electron chi connectivity index (χ1n) is 10.3. The Labute approximate surface area is 172 Å². The topological polar surface area (TPSA) is 98.3 Å². The molecule has 2 aliphatic rings. The molecule has 9 nitrogen and oxygen atoms in total. The van der Waals surface area contributed by atoms with Gasteiger partial charge in [0.25, 0.3) is 0 Å². The van der Waals surface area contributed by atoms with E-state index < -0.39 is 10.0 Å². The first-order valence-corrected chi connectivity index (χ1v) is 11.8. The summed E-state index contributed by atoms with van der Waals surface area (Å²) in [6.45, 7) is 7.55. The number of sulfonamides is 1. The molecule has 2 aromatic heterocycles. The number of hydrogen-bond acceptors (Lipinski definition) is 7. The van der Waals surface area contributed by atoms with E-state index in [1.807, 2.05) is 12.1 Å². The molecule has 0 saturated carbocycles. The molecule has 0 radical (unpaired) electrons. The molecule has 10 heteroatoms. The third kappa shape index (κ3) is 4.09. The Morgan fingerprint density at radius 3 is 1.86 bits per heavy atom. The minimum absolute atomic E-state index is 0.299. The number of anilines is 2. The number of rotatable bonds is 4. The Balaban J connectivity index is 1.40. The second kappa shape index (κ2) is 8.27. The third-order valence-corrected chi connectivity index (χ3v) is 7.95. The van der Waals surface area contributed by atoms with Crippen molar-refractivity contribution in [2.45, 2.75) is 44.4 Å². The predicted molar refractivity (Wildman–Crippen MR) is 112 cm³/mol. The largest absolute Gasteiger partial charge is 0.355 e. The van der Waals surface area contributed by atoms with E-state index in [1.54, 1.807) is 13.8 Å². The molecule has 0 unspecified atom stereocenters. The molecule has 4 heterocycles. The maximum atomic E-state index is 13.0. The predicted octanol–water partition coefficient (Wildman–Crippen LogP) is 1.71. The Morgan fingerprint density at radius 1 is 0.828 bits per heavy atom. The first-order chi connectivity index (χ1) is 14.0. The minimum atomic E-state index is -3.54. The Morgan fingerprint density at radius 2 is 1.38 bits per heavy atom. The molecular weight excluding hydrogens is 390 g/mol. The average Bonchev–Trinajstić information content (AvgIpc) is 2.93. The van der Waals surface area contributed by atoms with Gasteiger partial charge in [-0.2, -0.15) is 9.40 Å². The van der Waals surface area contributed by atoms with Gasteiger partial charge in [-0.3, -0.25) is 5.10 Å². The summed E-state index contributed by atoms with van der Waals surface area (Å²) in [7, 11) is -3.54. The minimum Gasteiger partial charge on any atom is -0.355 e. The highest BCUT2D eigenvalue weighted by molar-refractivity contribution is 7.89. The fourth-order valence-electron chi connectivity index (χ4n) is 4.16. The summed E-state index contributed by atoms with van der Waals surface area (Å²) >= 11 is 0. The summed E-state index contributed by atoms with van der Waals surface area (Å²) in [6.07, 6.45) is 4.98. The zero-order valence-electron chi connectivity index (χ0n) is 17.1. The van der Waals surface area contributed by atoms with Gasteiger partial charge >= 0.3 is 0 Å². The summed E-state index contributed by atoms with van der Waals surface area (Å²) in [5, 5.41) is 15.7. The summed E-state index contributed by atoms with van der Waals surface area (Å²) in [5.41, 5.74) is 1.10. The quantitative estimate of drug-likeness (QED) is 0.805. The lowest BCUT2D eigenvalue weighted by Gasteiger charge is -2.34. The lowest BCUT2D eigenvalue weighted by atomic mass is 10.2. The highest BCUT2D eigenvalue weighted by Gasteiger charge is 2.32. The molecular formula is C19H29N7O2S. The molecule has 0 aliphatic carbocycles. The van der Waals surface area contributed by atoms with Crippen molar-refractivity contribution in [3.8, 4) is 0 Å². The molecule has 158 valence electrons. The van der Waals surface area contributed by atoms with Crippen molar-refractivity contribution in [3.05, 3.63) is 23.5 Å². The summed E-state index contributed by atoms with van der Waals surface area (Å²) in [4.78, 5) is 4.71. The van der Waals surface area contributed by atoms with Gasteiger partial charge in [0.1, 0.15) is 4.90 Å². The molecule has 4 rings (SSSR count). The van der Waals surface area contributed by atoms with E-state index in [-0.39, 0.29) is 0 Å². The smallest absolute Gasteiger partial charge is 0.246 e. The molecule has 1 N–H and O–H groups in total. The van der Waals surface area contributed by atoms with Gasteiger partial charge in [-0.05, 0) is 38.8 Å². The van der Waals surface area contributed by atoms with Crippen LogP contribution in [0.2, 0.25) is 0 Å². The number of piperazine rings is 1. The molecule has 0 amide bonds. The van der Waals surface area contributed by atoms with Gasteiger partial charge in [0.05, 0.1) is 11.4 Å². The molecule has 0 aromatic carbocycles. The van der Waals surface area contributed by atoms with E-state index in [0.29, 0.717) is 42.5 Å². The molecule has 0 spiro atoms. The standard InChI is InChI=1S/C19H29N7O2S/c1-15-19(16(2)21-20-15)29(27,28)26-13-11-25(12-14-26)18-8-7-17(22-23-18)24-9-5-3-4-6-10-24/h7-8H,3-6,9-14H2,1-2H3,(H,20,21). The van der Waals surface area contributed by atoms with Crippen molar-refractivity contribution in [3.63, 3.8) is 0 Å². The SMILES string of the molecule is Cc1n[nH]c(C)c1S(=O)(=O)N1CCN(c2ccc(N3CCCCCC3)nn2)CC1. The zero-order valence-corrected chi connectivity index (χ0v) is 18.0. The highest BCUT2D eigenvalue weighted by atomic mass is 32.2. The average molecular weight is 420 g/mol. The Bertz CT molecular complexity index is 906. The van der Waals surface area contributed by atoms with Crippen LogP contribution in [-0.2, 0) is 10.0 Å². The number of H-pyrrole nitrogens is 1. The van der Waals surface area contributed by atoms with Crippen molar-refractivity contribution < 1.29 is 8.42 Å². The molecule has 0 bridgehead atoms. The Hall–Kier alpha value is -2.20. The van der Waals surface area contributed by atoms with Gasteiger partial charge in [0.2, 0.25) is 10.0 Å². The maximum absolute atomic E-state index is 13.0. The van der Waals surface area contributed by atoms with Crippen LogP contribution in [0.1, 0.15) is 37.1 Å². The summed E-state index contributed by atoms with van der Waals surface area (Å²) < 4.78 is 27.5. The zero-order chi connectivity index (χ0) is 20.4. The van der Waals surface area contributed by atoms with E-state index in [9.17, 15) is 8.42 Å². The van der Waals surface area contributed by atoms with Crippen LogP contribution in [0.25, 0.3) is 0 Å². The van der Waals surface area contributed by atoms with Gasteiger partial charge in [-0.1, -0.05) is 12.8 Å². The second-order valence-electron chi connectivity index (χ2n) is 7.81. The first kappa shape index (κ1) is 20.1. The molecule has 2 fully saturated rings. The lowest BCUT2D eigenvalue weighted by Crippen LogP contribution is -2.49. The van der Waals surface area contributed by atoms with Crippen LogP contribution in [0.4, 0.5) is 11.6 Å². The summed E-state index contributed by atoms with van der Waals surface area (Å²) in [6, 6.07) is 4.04. The van der Waals surface area contributed by atoms with Crippen LogP contribution < -0.4 is 9.80 Å². The monoisotopic (exact) mass is 419 g/mol. The fraction of sp³-hybridized carbons (Fsp3) is 0.632. The van der Waals surface area contributed by atoms with Crippen molar-refractivity contribution in [1.82, 2.24) is 24.7 Å². The number of nitrogens with one attached hydrogen (secondary N) is 1. The Kier molecular flexibility index (Phi) is 5.73.